The smallest absolute Gasteiger partial charge is 0.274 e. The standard InChI is InChI=1S/C17H19N3O4S/c21-17(19-22)15-5-3-13(4-6-15)11-20(25(23,24)16-7-8-16)12-14-2-1-9-18-10-14/h1-6,9-10,16,22H,7-8,11-12H2,(H,19,21). The predicted molar refractivity (Wildman–Crippen MR) is 91.1 cm³/mol. The van der Waals surface area contributed by atoms with E-state index >= 15 is 0 Å². The second kappa shape index (κ2) is 7.30. The fourth-order valence-corrected chi connectivity index (χ4v) is 4.35. The Morgan fingerprint density at radius 3 is 2.40 bits per heavy atom. The van der Waals surface area contributed by atoms with E-state index in [9.17, 15) is 13.2 Å². The van der Waals surface area contributed by atoms with Crippen molar-refractivity contribution < 1.29 is 18.4 Å². The number of pyridine rings is 1. The van der Waals surface area contributed by atoms with Crippen molar-refractivity contribution in [2.24, 2.45) is 0 Å². The van der Waals surface area contributed by atoms with Crippen LogP contribution in [0.15, 0.2) is 48.8 Å². The van der Waals surface area contributed by atoms with E-state index in [2.05, 4.69) is 4.98 Å². The minimum atomic E-state index is -3.37. The second-order valence-corrected chi connectivity index (χ2v) is 8.22. The first-order valence-electron chi connectivity index (χ1n) is 7.92. The molecule has 8 heteroatoms. The van der Waals surface area contributed by atoms with Gasteiger partial charge in [-0.2, -0.15) is 4.31 Å². The van der Waals surface area contributed by atoms with Gasteiger partial charge in [-0.05, 0) is 42.2 Å². The van der Waals surface area contributed by atoms with Crippen LogP contribution in [0.4, 0.5) is 0 Å². The van der Waals surface area contributed by atoms with Crippen molar-refractivity contribution in [1.29, 1.82) is 0 Å². The third-order valence-electron chi connectivity index (χ3n) is 4.06. The number of hydrogen-bond donors (Lipinski definition) is 2. The average Bonchev–Trinajstić information content (AvgIpc) is 3.48. The third-order valence-corrected chi connectivity index (χ3v) is 6.36. The summed E-state index contributed by atoms with van der Waals surface area (Å²) in [4.78, 5) is 15.4. The van der Waals surface area contributed by atoms with Gasteiger partial charge in [-0.15, -0.1) is 0 Å². The Labute approximate surface area is 146 Å². The summed E-state index contributed by atoms with van der Waals surface area (Å²) in [5, 5.41) is 8.35. The van der Waals surface area contributed by atoms with Crippen LogP contribution in [0.25, 0.3) is 0 Å². The number of benzene rings is 1. The molecule has 1 aromatic carbocycles. The molecule has 1 amide bonds. The molecule has 2 aromatic rings. The molecule has 0 unspecified atom stereocenters. The van der Waals surface area contributed by atoms with E-state index in [4.69, 9.17) is 5.21 Å². The van der Waals surface area contributed by atoms with Crippen molar-refractivity contribution in [3.63, 3.8) is 0 Å². The van der Waals surface area contributed by atoms with Crippen LogP contribution in [0.1, 0.15) is 34.3 Å². The molecule has 0 aliphatic heterocycles. The molecule has 0 saturated heterocycles. The number of aromatic nitrogens is 1. The summed E-state index contributed by atoms with van der Waals surface area (Å²) in [6.07, 6.45) is 4.70. The largest absolute Gasteiger partial charge is 0.288 e. The summed E-state index contributed by atoms with van der Waals surface area (Å²) in [7, 11) is -3.37. The quantitative estimate of drug-likeness (QED) is 0.577. The van der Waals surface area contributed by atoms with Crippen LogP contribution in [0.2, 0.25) is 0 Å². The Morgan fingerprint density at radius 2 is 1.84 bits per heavy atom. The molecule has 7 nitrogen and oxygen atoms in total. The molecule has 0 atom stereocenters. The van der Waals surface area contributed by atoms with Gasteiger partial charge in [0.1, 0.15) is 0 Å². The molecule has 2 N–H and O–H groups in total. The molecule has 1 heterocycles. The first-order chi connectivity index (χ1) is 12.0. The van der Waals surface area contributed by atoms with Crippen molar-refractivity contribution >= 4 is 15.9 Å². The molecule has 1 aliphatic rings. The summed E-state index contributed by atoms with van der Waals surface area (Å²) in [5.41, 5.74) is 3.46. The maximum Gasteiger partial charge on any atom is 0.274 e. The summed E-state index contributed by atoms with van der Waals surface area (Å²) in [6, 6.07) is 10.1. The highest BCUT2D eigenvalue weighted by Crippen LogP contribution is 2.32. The number of nitrogens with one attached hydrogen (secondary N) is 1. The first-order valence-corrected chi connectivity index (χ1v) is 9.42. The Hall–Kier alpha value is -2.29. The lowest BCUT2D eigenvalue weighted by atomic mass is 10.1. The van der Waals surface area contributed by atoms with Gasteiger partial charge in [0.05, 0.1) is 5.25 Å². The SMILES string of the molecule is O=C(NO)c1ccc(CN(Cc2cccnc2)S(=O)(=O)C2CC2)cc1. The van der Waals surface area contributed by atoms with E-state index in [0.29, 0.717) is 18.4 Å². The van der Waals surface area contributed by atoms with Gasteiger partial charge in [0.15, 0.2) is 0 Å². The van der Waals surface area contributed by atoms with E-state index in [1.54, 1.807) is 48.2 Å². The van der Waals surface area contributed by atoms with Crippen molar-refractivity contribution in [2.45, 2.75) is 31.2 Å². The van der Waals surface area contributed by atoms with Crippen molar-refractivity contribution in [2.75, 3.05) is 0 Å². The average molecular weight is 361 g/mol. The monoisotopic (exact) mass is 361 g/mol. The molecule has 0 radical (unpaired) electrons. The van der Waals surface area contributed by atoms with E-state index < -0.39 is 15.9 Å². The number of rotatable bonds is 7. The molecule has 132 valence electrons. The second-order valence-electron chi connectivity index (χ2n) is 6.01. The lowest BCUT2D eigenvalue weighted by molar-refractivity contribution is 0.0706. The Kier molecular flexibility index (Phi) is 5.12. The Morgan fingerprint density at radius 1 is 1.16 bits per heavy atom. The van der Waals surface area contributed by atoms with Gasteiger partial charge >= 0.3 is 0 Å². The zero-order chi connectivity index (χ0) is 17.9. The summed E-state index contributed by atoms with van der Waals surface area (Å²) < 4.78 is 26.9. The van der Waals surface area contributed by atoms with E-state index in [0.717, 1.165) is 11.1 Å². The molecule has 1 aliphatic carbocycles. The number of nitrogens with zero attached hydrogens (tertiary/aromatic N) is 2. The van der Waals surface area contributed by atoms with E-state index in [-0.39, 0.29) is 18.3 Å². The number of hydrogen-bond acceptors (Lipinski definition) is 5. The number of sulfonamides is 1. The number of carbonyl (C=O) groups is 1. The molecule has 1 fully saturated rings. The summed E-state index contributed by atoms with van der Waals surface area (Å²) >= 11 is 0. The van der Waals surface area contributed by atoms with Gasteiger partial charge < -0.3 is 0 Å². The van der Waals surface area contributed by atoms with Crippen LogP contribution in [0.3, 0.4) is 0 Å². The Balaban J connectivity index is 1.81. The molecule has 0 spiro atoms. The topological polar surface area (TPSA) is 99.6 Å². The third kappa shape index (κ3) is 4.22. The molecular formula is C17H19N3O4S. The fourth-order valence-electron chi connectivity index (χ4n) is 2.54. The number of hydroxylamine groups is 1. The van der Waals surface area contributed by atoms with Crippen LogP contribution in [0, 0.1) is 0 Å². The zero-order valence-electron chi connectivity index (χ0n) is 13.5. The number of amides is 1. The van der Waals surface area contributed by atoms with Gasteiger partial charge in [0.2, 0.25) is 10.0 Å². The molecule has 1 aromatic heterocycles. The lowest BCUT2D eigenvalue weighted by Crippen LogP contribution is -2.33. The Bertz CT molecular complexity index is 834. The zero-order valence-corrected chi connectivity index (χ0v) is 14.3. The summed E-state index contributed by atoms with van der Waals surface area (Å²) in [6.45, 7) is 0.473. The molecule has 0 bridgehead atoms. The maximum absolute atomic E-state index is 12.7. The highest BCUT2D eigenvalue weighted by atomic mass is 32.2. The minimum absolute atomic E-state index is 0.217. The van der Waals surface area contributed by atoms with Gasteiger partial charge in [0.25, 0.3) is 5.91 Å². The van der Waals surface area contributed by atoms with E-state index in [1.807, 2.05) is 6.07 Å². The van der Waals surface area contributed by atoms with Gasteiger partial charge in [-0.1, -0.05) is 18.2 Å². The van der Waals surface area contributed by atoms with Crippen molar-refractivity contribution in [3.05, 3.63) is 65.5 Å². The molecule has 3 rings (SSSR count). The van der Waals surface area contributed by atoms with E-state index in [1.165, 1.54) is 4.31 Å². The van der Waals surface area contributed by atoms with Gasteiger partial charge in [-0.25, -0.2) is 13.9 Å². The number of carbonyl (C=O) groups excluding carboxylic acids is 1. The lowest BCUT2D eigenvalue weighted by Gasteiger charge is -2.22. The fraction of sp³-hybridized carbons (Fsp3) is 0.294. The minimum Gasteiger partial charge on any atom is -0.288 e. The molecule has 1 saturated carbocycles. The molecule has 25 heavy (non-hydrogen) atoms. The molecular weight excluding hydrogens is 342 g/mol. The predicted octanol–water partition coefficient (Wildman–Crippen LogP) is 1.70. The highest BCUT2D eigenvalue weighted by Gasteiger charge is 2.40. The van der Waals surface area contributed by atoms with Crippen LogP contribution in [-0.2, 0) is 23.1 Å². The van der Waals surface area contributed by atoms with Gasteiger partial charge in [0, 0.05) is 31.0 Å². The van der Waals surface area contributed by atoms with Gasteiger partial charge in [-0.3, -0.25) is 15.0 Å². The van der Waals surface area contributed by atoms with Crippen LogP contribution < -0.4 is 5.48 Å². The van der Waals surface area contributed by atoms with Crippen LogP contribution >= 0.6 is 0 Å². The first kappa shape index (κ1) is 17.5. The normalized spacial score (nSPS) is 14.5. The van der Waals surface area contributed by atoms with Crippen molar-refractivity contribution in [3.8, 4) is 0 Å². The maximum atomic E-state index is 12.7. The van der Waals surface area contributed by atoms with Crippen molar-refractivity contribution in [1.82, 2.24) is 14.8 Å². The van der Waals surface area contributed by atoms with Crippen LogP contribution in [-0.4, -0.2) is 34.1 Å². The summed E-state index contributed by atoms with van der Waals surface area (Å²) in [5.74, 6) is -0.607. The highest BCUT2D eigenvalue weighted by molar-refractivity contribution is 7.90. The van der Waals surface area contributed by atoms with Crippen LogP contribution in [0.5, 0.6) is 0 Å².